The first-order valence-electron chi connectivity index (χ1n) is 5.86. The van der Waals surface area contributed by atoms with Crippen molar-refractivity contribution in [1.82, 2.24) is 5.32 Å². The van der Waals surface area contributed by atoms with Crippen LogP contribution in [-0.2, 0) is 4.74 Å². The predicted molar refractivity (Wildman–Crippen MR) is 67.9 cm³/mol. The van der Waals surface area contributed by atoms with Crippen molar-refractivity contribution >= 4 is 0 Å². The molecule has 1 rings (SSSR count). The number of benzene rings is 1. The Morgan fingerprint density at radius 1 is 1.06 bits per heavy atom. The van der Waals surface area contributed by atoms with Crippen molar-refractivity contribution in [3.8, 4) is 11.5 Å². The van der Waals surface area contributed by atoms with Gasteiger partial charge in [0, 0.05) is 19.6 Å². The maximum atomic E-state index is 5.61. The summed E-state index contributed by atoms with van der Waals surface area (Å²) in [5, 5.41) is 3.03. The largest absolute Gasteiger partial charge is 0.493 e. The van der Waals surface area contributed by atoms with E-state index in [0.717, 1.165) is 37.7 Å². The minimum atomic E-state index is 0.639. The van der Waals surface area contributed by atoms with Gasteiger partial charge in [-0.3, -0.25) is 0 Å². The molecule has 0 amide bonds. The molecule has 4 nitrogen and oxygen atoms in total. The maximum absolute atomic E-state index is 5.61. The van der Waals surface area contributed by atoms with Gasteiger partial charge in [-0.2, -0.15) is 0 Å². The molecule has 96 valence electrons. The van der Waals surface area contributed by atoms with Crippen LogP contribution in [0.25, 0.3) is 0 Å². The summed E-state index contributed by atoms with van der Waals surface area (Å²) >= 11 is 0. The number of likely N-dealkylation sites (N-methyl/N-ethyl adjacent to an activating group) is 1. The first-order valence-corrected chi connectivity index (χ1v) is 5.86. The molecule has 1 N–H and O–H groups in total. The number of rotatable bonds is 9. The van der Waals surface area contributed by atoms with Crippen LogP contribution in [0.4, 0.5) is 0 Å². The van der Waals surface area contributed by atoms with Gasteiger partial charge in [-0.25, -0.2) is 0 Å². The third-order valence-corrected chi connectivity index (χ3v) is 2.26. The highest BCUT2D eigenvalue weighted by atomic mass is 16.5. The van der Waals surface area contributed by atoms with E-state index in [-0.39, 0.29) is 0 Å². The van der Waals surface area contributed by atoms with E-state index >= 15 is 0 Å². The molecule has 0 atom stereocenters. The highest BCUT2D eigenvalue weighted by molar-refractivity contribution is 5.39. The molecule has 0 spiro atoms. The van der Waals surface area contributed by atoms with Gasteiger partial charge in [0.05, 0.1) is 20.3 Å². The second kappa shape index (κ2) is 8.84. The van der Waals surface area contributed by atoms with Crippen LogP contribution in [0, 0.1) is 0 Å². The van der Waals surface area contributed by atoms with Gasteiger partial charge >= 0.3 is 0 Å². The van der Waals surface area contributed by atoms with E-state index < -0.39 is 0 Å². The lowest BCUT2D eigenvalue weighted by atomic mass is 10.3. The average Bonchev–Trinajstić information content (AvgIpc) is 2.38. The first-order chi connectivity index (χ1) is 8.38. The Morgan fingerprint density at radius 3 is 2.53 bits per heavy atom. The average molecular weight is 239 g/mol. The topological polar surface area (TPSA) is 39.7 Å². The van der Waals surface area contributed by atoms with E-state index in [1.54, 1.807) is 7.11 Å². The molecule has 1 aromatic rings. The molecule has 0 aliphatic heterocycles. The lowest BCUT2D eigenvalue weighted by Gasteiger charge is -2.10. The second-order valence-electron chi connectivity index (χ2n) is 3.57. The third kappa shape index (κ3) is 5.56. The number of hydrogen-bond donors (Lipinski definition) is 1. The van der Waals surface area contributed by atoms with Crippen LogP contribution in [0.5, 0.6) is 11.5 Å². The zero-order valence-corrected chi connectivity index (χ0v) is 10.6. The van der Waals surface area contributed by atoms with E-state index in [9.17, 15) is 0 Å². The van der Waals surface area contributed by atoms with Crippen LogP contribution < -0.4 is 14.8 Å². The molecular weight excluding hydrogens is 218 g/mol. The van der Waals surface area contributed by atoms with Gasteiger partial charge in [-0.15, -0.1) is 0 Å². The van der Waals surface area contributed by atoms with Crippen LogP contribution in [0.3, 0.4) is 0 Å². The molecule has 0 unspecified atom stereocenters. The Kier molecular flexibility index (Phi) is 7.18. The molecule has 17 heavy (non-hydrogen) atoms. The second-order valence-corrected chi connectivity index (χ2v) is 3.57. The Bertz CT molecular complexity index is 304. The summed E-state index contributed by atoms with van der Waals surface area (Å²) in [6.45, 7) is 2.98. The highest BCUT2D eigenvalue weighted by Gasteiger charge is 2.01. The number of hydrogen-bond acceptors (Lipinski definition) is 4. The van der Waals surface area contributed by atoms with Crippen molar-refractivity contribution < 1.29 is 14.2 Å². The Balaban J connectivity index is 2.13. The monoisotopic (exact) mass is 239 g/mol. The van der Waals surface area contributed by atoms with Crippen molar-refractivity contribution in [3.63, 3.8) is 0 Å². The number of nitrogens with one attached hydrogen (secondary N) is 1. The fourth-order valence-corrected chi connectivity index (χ4v) is 1.36. The highest BCUT2D eigenvalue weighted by Crippen LogP contribution is 2.25. The van der Waals surface area contributed by atoms with Gasteiger partial charge in [0.2, 0.25) is 0 Å². The molecule has 0 heterocycles. The maximum Gasteiger partial charge on any atom is 0.161 e. The van der Waals surface area contributed by atoms with Crippen LogP contribution in [-0.4, -0.2) is 40.5 Å². The predicted octanol–water partition coefficient (Wildman–Crippen LogP) is 1.70. The van der Waals surface area contributed by atoms with Crippen molar-refractivity contribution in [1.29, 1.82) is 0 Å². The molecule has 0 aromatic heterocycles. The van der Waals surface area contributed by atoms with Crippen LogP contribution in [0.2, 0.25) is 0 Å². The van der Waals surface area contributed by atoms with E-state index in [1.165, 1.54) is 0 Å². The van der Waals surface area contributed by atoms with E-state index in [1.807, 2.05) is 31.3 Å². The van der Waals surface area contributed by atoms with Crippen molar-refractivity contribution in [3.05, 3.63) is 24.3 Å². The Hall–Kier alpha value is -1.26. The number of methoxy groups -OCH3 is 1. The molecular formula is C13H21NO3. The Morgan fingerprint density at radius 2 is 1.82 bits per heavy atom. The van der Waals surface area contributed by atoms with Crippen LogP contribution in [0.1, 0.15) is 6.42 Å². The minimum Gasteiger partial charge on any atom is -0.493 e. The number of para-hydroxylation sites is 2. The molecule has 0 fully saturated rings. The summed E-state index contributed by atoms with van der Waals surface area (Å²) in [4.78, 5) is 0. The SMILES string of the molecule is CNCCOCCCOc1ccccc1OC. The van der Waals surface area contributed by atoms with Gasteiger partial charge in [-0.05, 0) is 19.2 Å². The first kappa shape index (κ1) is 13.8. The molecule has 0 radical (unpaired) electrons. The third-order valence-electron chi connectivity index (χ3n) is 2.26. The fourth-order valence-electron chi connectivity index (χ4n) is 1.36. The van der Waals surface area contributed by atoms with Crippen molar-refractivity contribution in [2.24, 2.45) is 0 Å². The summed E-state index contributed by atoms with van der Waals surface area (Å²) < 4.78 is 16.2. The molecule has 0 saturated heterocycles. The van der Waals surface area contributed by atoms with Crippen molar-refractivity contribution in [2.75, 3.05) is 40.5 Å². The number of ether oxygens (including phenoxy) is 3. The summed E-state index contributed by atoms with van der Waals surface area (Å²) in [7, 11) is 3.55. The lowest BCUT2D eigenvalue weighted by Crippen LogP contribution is -2.15. The van der Waals surface area contributed by atoms with Gasteiger partial charge in [-0.1, -0.05) is 12.1 Å². The van der Waals surface area contributed by atoms with E-state index in [2.05, 4.69) is 5.32 Å². The minimum absolute atomic E-state index is 0.639. The Labute approximate surface area is 103 Å². The fraction of sp³-hybridized carbons (Fsp3) is 0.538. The summed E-state index contributed by atoms with van der Waals surface area (Å²) in [5.74, 6) is 1.55. The normalized spacial score (nSPS) is 10.2. The lowest BCUT2D eigenvalue weighted by molar-refractivity contribution is 0.121. The molecule has 0 aliphatic rings. The van der Waals surface area contributed by atoms with Crippen LogP contribution in [0.15, 0.2) is 24.3 Å². The van der Waals surface area contributed by atoms with Gasteiger partial charge in [0.25, 0.3) is 0 Å². The van der Waals surface area contributed by atoms with E-state index in [4.69, 9.17) is 14.2 Å². The van der Waals surface area contributed by atoms with Gasteiger partial charge in [0.1, 0.15) is 0 Å². The summed E-state index contributed by atoms with van der Waals surface area (Å²) in [6, 6.07) is 7.65. The quantitative estimate of drug-likeness (QED) is 0.666. The molecule has 0 bridgehead atoms. The molecule has 1 aromatic carbocycles. The zero-order chi connectivity index (χ0) is 12.3. The van der Waals surface area contributed by atoms with Crippen LogP contribution >= 0.6 is 0 Å². The van der Waals surface area contributed by atoms with Gasteiger partial charge < -0.3 is 19.5 Å². The smallest absolute Gasteiger partial charge is 0.161 e. The van der Waals surface area contributed by atoms with Crippen molar-refractivity contribution in [2.45, 2.75) is 6.42 Å². The standard InChI is InChI=1S/C13H21NO3/c1-14-8-11-16-9-5-10-17-13-7-4-3-6-12(13)15-2/h3-4,6-7,14H,5,8-11H2,1-2H3. The zero-order valence-electron chi connectivity index (χ0n) is 10.6. The van der Waals surface area contributed by atoms with Gasteiger partial charge in [0.15, 0.2) is 11.5 Å². The molecule has 0 aliphatic carbocycles. The summed E-state index contributed by atoms with van der Waals surface area (Å²) in [5.41, 5.74) is 0. The molecule has 4 heteroatoms. The van der Waals surface area contributed by atoms with E-state index in [0.29, 0.717) is 6.61 Å². The summed E-state index contributed by atoms with van der Waals surface area (Å²) in [6.07, 6.45) is 0.877. The molecule has 0 saturated carbocycles.